The van der Waals surface area contributed by atoms with Crippen LogP contribution in [-0.4, -0.2) is 0 Å². The summed E-state index contributed by atoms with van der Waals surface area (Å²) in [6, 6.07) is 6.22. The Hall–Kier alpha value is 0.194. The maximum atomic E-state index is 3.82. The third-order valence-electron chi connectivity index (χ3n) is 1.57. The molecule has 12 heavy (non-hydrogen) atoms. The maximum absolute atomic E-state index is 3.82. The molecule has 0 N–H and O–H groups in total. The van der Waals surface area contributed by atoms with Gasteiger partial charge in [0.25, 0.3) is 0 Å². The molecule has 0 saturated carbocycles. The molecule has 0 saturated heterocycles. The Morgan fingerprint density at radius 2 is 1.50 bits per heavy atom. The molecule has 0 atom stereocenters. The average Bonchev–Trinajstić information content (AvgIpc) is 2.02. The summed E-state index contributed by atoms with van der Waals surface area (Å²) in [6.07, 6.45) is 0. The Balaban J connectivity index is 0. The van der Waals surface area contributed by atoms with E-state index in [1.807, 2.05) is 19.9 Å². The van der Waals surface area contributed by atoms with E-state index in [9.17, 15) is 0 Å². The molecule has 1 heteroatoms. The molecule has 1 aromatic carbocycles. The Morgan fingerprint density at radius 3 is 1.83 bits per heavy atom. The molecule has 0 heterocycles. The van der Waals surface area contributed by atoms with Crippen molar-refractivity contribution < 1.29 is 32.7 Å². The first-order valence-corrected chi connectivity index (χ1v) is 4.09. The molecule has 0 aromatic heterocycles. The quantitative estimate of drug-likeness (QED) is 0.607. The minimum Gasteiger partial charge on any atom is -0.199 e. The largest absolute Gasteiger partial charge is 0.199 e. The van der Waals surface area contributed by atoms with Gasteiger partial charge in [0.05, 0.1) is 0 Å². The zero-order valence-electron chi connectivity index (χ0n) is 8.52. The number of hydrogen-bond acceptors (Lipinski definition) is 0. The van der Waals surface area contributed by atoms with Crippen molar-refractivity contribution in [3.63, 3.8) is 0 Å². The van der Waals surface area contributed by atoms with E-state index in [4.69, 9.17) is 0 Å². The minimum absolute atomic E-state index is 0. The molecule has 0 nitrogen and oxygen atoms in total. The first-order chi connectivity index (χ1) is 5.20. The fourth-order valence-corrected chi connectivity index (χ4v) is 0.804. The Bertz CT molecular complexity index is 216. The van der Waals surface area contributed by atoms with Crippen LogP contribution in [0.5, 0.6) is 0 Å². The van der Waals surface area contributed by atoms with E-state index in [-0.39, 0.29) is 32.7 Å². The third-order valence-corrected chi connectivity index (χ3v) is 1.57. The van der Waals surface area contributed by atoms with Gasteiger partial charge in [-0.3, -0.25) is 0 Å². The van der Waals surface area contributed by atoms with Gasteiger partial charge in [-0.2, -0.15) is 24.6 Å². The Morgan fingerprint density at radius 1 is 1.00 bits per heavy atom. The first kappa shape index (κ1) is 14.7. The SMILES string of the molecule is CC.[CH2-]c1ccc(C)c(C)c1.[Y]. The summed E-state index contributed by atoms with van der Waals surface area (Å²) in [5, 5.41) is 0. The summed E-state index contributed by atoms with van der Waals surface area (Å²) < 4.78 is 0. The van der Waals surface area contributed by atoms with E-state index < -0.39 is 0 Å². The van der Waals surface area contributed by atoms with Gasteiger partial charge in [-0.1, -0.05) is 26.3 Å². The van der Waals surface area contributed by atoms with Crippen molar-refractivity contribution >= 4 is 0 Å². The second-order valence-corrected chi connectivity index (χ2v) is 2.42. The monoisotopic (exact) mass is 238 g/mol. The molecule has 0 aliphatic rings. The molecule has 0 amide bonds. The van der Waals surface area contributed by atoms with Gasteiger partial charge in [0.1, 0.15) is 0 Å². The van der Waals surface area contributed by atoms with Crippen LogP contribution in [0.1, 0.15) is 30.5 Å². The zero-order chi connectivity index (χ0) is 8.85. The van der Waals surface area contributed by atoms with Crippen LogP contribution >= 0.6 is 0 Å². The summed E-state index contributed by atoms with van der Waals surface area (Å²) in [7, 11) is 0. The molecule has 0 unspecified atom stereocenters. The van der Waals surface area contributed by atoms with Crippen LogP contribution in [0.4, 0.5) is 0 Å². The summed E-state index contributed by atoms with van der Waals surface area (Å²) in [6.45, 7) is 12.0. The average molecular weight is 238 g/mol. The van der Waals surface area contributed by atoms with Crippen LogP contribution in [0.15, 0.2) is 18.2 Å². The number of hydrogen-bond donors (Lipinski definition) is 0. The van der Waals surface area contributed by atoms with Crippen molar-refractivity contribution in [1.29, 1.82) is 0 Å². The van der Waals surface area contributed by atoms with Gasteiger partial charge in [-0.15, -0.1) is 11.6 Å². The predicted molar refractivity (Wildman–Crippen MR) is 51.7 cm³/mol. The van der Waals surface area contributed by atoms with Gasteiger partial charge >= 0.3 is 0 Å². The van der Waals surface area contributed by atoms with Crippen molar-refractivity contribution in [2.24, 2.45) is 0 Å². The van der Waals surface area contributed by atoms with Crippen molar-refractivity contribution in [3.8, 4) is 0 Å². The maximum Gasteiger partial charge on any atom is 0 e. The van der Waals surface area contributed by atoms with Crippen molar-refractivity contribution in [3.05, 3.63) is 41.8 Å². The molecule has 1 radical (unpaired) electrons. The predicted octanol–water partition coefficient (Wildman–Crippen LogP) is 3.51. The van der Waals surface area contributed by atoms with Crippen LogP contribution in [0.2, 0.25) is 0 Å². The molecular weight excluding hydrogens is 221 g/mol. The molecule has 65 valence electrons. The normalized spacial score (nSPS) is 7.67. The Labute approximate surface area is 102 Å². The standard InChI is InChI=1S/C9H11.C2H6.Y/c1-7-4-5-8(2)9(3)6-7;1-2;/h4-6H,1H2,2-3H3;1-2H3;/q-1;;. The van der Waals surface area contributed by atoms with Crippen molar-refractivity contribution in [2.75, 3.05) is 0 Å². The van der Waals surface area contributed by atoms with Crippen LogP contribution in [0.3, 0.4) is 0 Å². The molecule has 0 spiro atoms. The second-order valence-electron chi connectivity index (χ2n) is 2.42. The molecule has 0 fully saturated rings. The smallest absolute Gasteiger partial charge is 0 e. The van der Waals surface area contributed by atoms with Gasteiger partial charge in [0.2, 0.25) is 0 Å². The number of benzene rings is 1. The van der Waals surface area contributed by atoms with E-state index in [1.54, 1.807) is 0 Å². The first-order valence-electron chi connectivity index (χ1n) is 4.09. The van der Waals surface area contributed by atoms with Gasteiger partial charge < -0.3 is 0 Å². The molecule has 1 rings (SSSR count). The molecule has 0 bridgehead atoms. The molecule has 0 aliphatic carbocycles. The zero-order valence-corrected chi connectivity index (χ0v) is 11.4. The van der Waals surface area contributed by atoms with E-state index in [2.05, 4.69) is 32.9 Å². The fourth-order valence-electron chi connectivity index (χ4n) is 0.804. The second kappa shape index (κ2) is 7.82. The number of aryl methyl sites for hydroxylation is 2. The van der Waals surface area contributed by atoms with Gasteiger partial charge in [0, 0.05) is 32.7 Å². The van der Waals surface area contributed by atoms with Crippen molar-refractivity contribution in [1.82, 2.24) is 0 Å². The molecule has 1 aromatic rings. The van der Waals surface area contributed by atoms with E-state index in [1.165, 1.54) is 11.1 Å². The van der Waals surface area contributed by atoms with Gasteiger partial charge in [-0.05, 0) is 6.92 Å². The fraction of sp³-hybridized carbons (Fsp3) is 0.364. The van der Waals surface area contributed by atoms with Crippen LogP contribution < -0.4 is 0 Å². The van der Waals surface area contributed by atoms with E-state index in [0.29, 0.717) is 0 Å². The molecule has 0 aliphatic heterocycles. The Kier molecular flexibility index (Phi) is 9.59. The van der Waals surface area contributed by atoms with E-state index in [0.717, 1.165) is 5.56 Å². The van der Waals surface area contributed by atoms with Crippen LogP contribution in [0, 0.1) is 20.8 Å². The van der Waals surface area contributed by atoms with Crippen LogP contribution in [0.25, 0.3) is 0 Å². The van der Waals surface area contributed by atoms with E-state index >= 15 is 0 Å². The minimum atomic E-state index is 0. The summed E-state index contributed by atoms with van der Waals surface area (Å²) in [4.78, 5) is 0. The summed E-state index contributed by atoms with van der Waals surface area (Å²) in [5.74, 6) is 0. The van der Waals surface area contributed by atoms with Crippen molar-refractivity contribution in [2.45, 2.75) is 27.7 Å². The topological polar surface area (TPSA) is 0 Å². The van der Waals surface area contributed by atoms with Crippen LogP contribution in [-0.2, 0) is 32.7 Å². The van der Waals surface area contributed by atoms with Gasteiger partial charge in [-0.25, -0.2) is 0 Å². The third kappa shape index (κ3) is 4.95. The van der Waals surface area contributed by atoms with Gasteiger partial charge in [0.15, 0.2) is 0 Å². The summed E-state index contributed by atoms with van der Waals surface area (Å²) >= 11 is 0. The number of rotatable bonds is 0. The summed E-state index contributed by atoms with van der Waals surface area (Å²) in [5.41, 5.74) is 3.75. The molecular formula is C11H17Y-.